The molecule has 1 aromatic heterocycles. The van der Waals surface area contributed by atoms with E-state index in [4.69, 9.17) is 0 Å². The zero-order chi connectivity index (χ0) is 15.1. The number of rotatable bonds is 8. The Bertz CT molecular complexity index is 550. The molecule has 1 N–H and O–H groups in total. The van der Waals surface area contributed by atoms with Gasteiger partial charge in [-0.05, 0) is 32.0 Å². The summed E-state index contributed by atoms with van der Waals surface area (Å²) in [4.78, 5) is 2.11. The molecule has 0 aliphatic heterocycles. The molecule has 1 unspecified atom stereocenters. The Hall–Kier alpha value is -1.91. The van der Waals surface area contributed by atoms with Crippen LogP contribution in [0.2, 0.25) is 0 Å². The molecule has 21 heavy (non-hydrogen) atoms. The average molecular weight is 285 g/mol. The third kappa shape index (κ3) is 4.85. The van der Waals surface area contributed by atoms with E-state index in [0.29, 0.717) is 6.54 Å². The van der Waals surface area contributed by atoms with Gasteiger partial charge in [-0.25, -0.2) is 4.68 Å². The number of benzene rings is 1. The normalized spacial score (nSPS) is 12.5. The van der Waals surface area contributed by atoms with Gasteiger partial charge < -0.3 is 5.11 Å². The molecular weight excluding hydrogens is 262 g/mol. The Morgan fingerprint density at radius 3 is 2.86 bits per heavy atom. The van der Waals surface area contributed by atoms with Crippen LogP contribution in [0.1, 0.15) is 18.4 Å². The molecule has 1 atom stereocenters. The van der Waals surface area contributed by atoms with E-state index in [1.165, 1.54) is 0 Å². The maximum atomic E-state index is 9.90. The number of aliphatic hydroxyl groups is 1. The number of para-hydroxylation sites is 1. The lowest BCUT2D eigenvalue weighted by Crippen LogP contribution is -2.28. The lowest BCUT2D eigenvalue weighted by atomic mass is 10.2. The molecule has 112 valence electrons. The van der Waals surface area contributed by atoms with Gasteiger partial charge in [-0.1, -0.05) is 24.3 Å². The van der Waals surface area contributed by atoms with E-state index < -0.39 is 0 Å². The van der Waals surface area contributed by atoms with Crippen molar-refractivity contribution in [3.8, 4) is 5.69 Å². The van der Waals surface area contributed by atoms with Crippen LogP contribution >= 0.6 is 0 Å². The van der Waals surface area contributed by atoms with Crippen molar-refractivity contribution in [1.29, 1.82) is 0 Å². The number of allylic oxidation sites excluding steroid dienone is 1. The van der Waals surface area contributed by atoms with E-state index in [2.05, 4.69) is 16.6 Å². The van der Waals surface area contributed by atoms with Crippen LogP contribution in [0.4, 0.5) is 0 Å². The van der Waals surface area contributed by atoms with Crippen molar-refractivity contribution < 1.29 is 5.11 Å². The van der Waals surface area contributed by atoms with Gasteiger partial charge in [-0.2, -0.15) is 5.10 Å². The first kappa shape index (κ1) is 15.5. The second kappa shape index (κ2) is 7.76. The topological polar surface area (TPSA) is 41.3 Å². The van der Waals surface area contributed by atoms with Crippen LogP contribution < -0.4 is 0 Å². The molecule has 1 aromatic carbocycles. The summed E-state index contributed by atoms with van der Waals surface area (Å²) in [6, 6.07) is 10.0. The Morgan fingerprint density at radius 2 is 2.14 bits per heavy atom. The lowest BCUT2D eigenvalue weighted by Gasteiger charge is -2.19. The fraction of sp³-hybridized carbons (Fsp3) is 0.353. The number of hydrogen-bond acceptors (Lipinski definition) is 3. The third-order valence-corrected chi connectivity index (χ3v) is 3.34. The second-order valence-electron chi connectivity index (χ2n) is 5.35. The smallest absolute Gasteiger partial charge is 0.0670 e. The molecule has 0 radical (unpaired) electrons. The van der Waals surface area contributed by atoms with Crippen LogP contribution in [-0.4, -0.2) is 39.5 Å². The zero-order valence-electron chi connectivity index (χ0n) is 12.5. The fourth-order valence-corrected chi connectivity index (χ4v) is 2.30. The highest BCUT2D eigenvalue weighted by Gasteiger charge is 2.09. The Kier molecular flexibility index (Phi) is 5.72. The molecule has 4 heteroatoms. The molecule has 0 saturated heterocycles. The molecule has 0 fully saturated rings. The van der Waals surface area contributed by atoms with E-state index in [1.807, 2.05) is 60.5 Å². The second-order valence-corrected chi connectivity index (χ2v) is 5.35. The van der Waals surface area contributed by atoms with Crippen LogP contribution in [-0.2, 0) is 6.54 Å². The van der Waals surface area contributed by atoms with Crippen molar-refractivity contribution in [2.75, 3.05) is 13.6 Å². The maximum Gasteiger partial charge on any atom is 0.0670 e. The largest absolute Gasteiger partial charge is 0.392 e. The van der Waals surface area contributed by atoms with Gasteiger partial charge in [-0.15, -0.1) is 6.58 Å². The van der Waals surface area contributed by atoms with Crippen LogP contribution in [0.15, 0.2) is 55.4 Å². The summed E-state index contributed by atoms with van der Waals surface area (Å²) in [5, 5.41) is 14.3. The van der Waals surface area contributed by atoms with Crippen LogP contribution in [0.5, 0.6) is 0 Å². The first-order chi connectivity index (χ1) is 10.2. The molecule has 0 bridgehead atoms. The molecule has 2 rings (SSSR count). The highest BCUT2D eigenvalue weighted by molar-refractivity contribution is 5.30. The van der Waals surface area contributed by atoms with E-state index in [9.17, 15) is 5.11 Å². The highest BCUT2D eigenvalue weighted by Crippen LogP contribution is 2.10. The summed E-state index contributed by atoms with van der Waals surface area (Å²) in [5.41, 5.74) is 2.19. The SMILES string of the molecule is C=CCCC(O)CN(C)Cc1cnn(-c2ccccc2)c1. The van der Waals surface area contributed by atoms with Gasteiger partial charge in [0.25, 0.3) is 0 Å². The predicted octanol–water partition coefficient (Wildman–Crippen LogP) is 2.63. The predicted molar refractivity (Wildman–Crippen MR) is 85.3 cm³/mol. The molecule has 1 heterocycles. The third-order valence-electron chi connectivity index (χ3n) is 3.34. The molecule has 0 aliphatic carbocycles. The van der Waals surface area contributed by atoms with Crippen LogP contribution in [0.25, 0.3) is 5.69 Å². The Morgan fingerprint density at radius 1 is 1.38 bits per heavy atom. The summed E-state index contributed by atoms with van der Waals surface area (Å²) in [6.45, 7) is 5.11. The Balaban J connectivity index is 1.89. The minimum atomic E-state index is -0.308. The summed E-state index contributed by atoms with van der Waals surface area (Å²) in [6.07, 6.45) is 7.05. The average Bonchev–Trinajstić information content (AvgIpc) is 2.94. The molecular formula is C17H23N3O. The van der Waals surface area contributed by atoms with Gasteiger partial charge in [-0.3, -0.25) is 4.90 Å². The minimum absolute atomic E-state index is 0.308. The van der Waals surface area contributed by atoms with E-state index in [1.54, 1.807) is 0 Å². The molecule has 0 saturated carbocycles. The minimum Gasteiger partial charge on any atom is -0.392 e. The van der Waals surface area contributed by atoms with Crippen LogP contribution in [0.3, 0.4) is 0 Å². The number of hydrogen-bond donors (Lipinski definition) is 1. The summed E-state index contributed by atoms with van der Waals surface area (Å²) >= 11 is 0. The molecule has 0 amide bonds. The number of nitrogens with zero attached hydrogens (tertiary/aromatic N) is 3. The molecule has 0 spiro atoms. The van der Waals surface area contributed by atoms with Gasteiger partial charge in [0.15, 0.2) is 0 Å². The van der Waals surface area contributed by atoms with Crippen molar-refractivity contribution in [3.63, 3.8) is 0 Å². The summed E-state index contributed by atoms with van der Waals surface area (Å²) in [5.74, 6) is 0. The fourth-order valence-electron chi connectivity index (χ4n) is 2.30. The van der Waals surface area contributed by atoms with Crippen molar-refractivity contribution >= 4 is 0 Å². The van der Waals surface area contributed by atoms with Gasteiger partial charge in [0.05, 0.1) is 18.0 Å². The van der Waals surface area contributed by atoms with Crippen molar-refractivity contribution in [2.45, 2.75) is 25.5 Å². The number of aliphatic hydroxyl groups excluding tert-OH is 1. The van der Waals surface area contributed by atoms with Gasteiger partial charge in [0.1, 0.15) is 0 Å². The van der Waals surface area contributed by atoms with Gasteiger partial charge in [0, 0.05) is 24.8 Å². The van der Waals surface area contributed by atoms with Gasteiger partial charge in [0.2, 0.25) is 0 Å². The molecule has 4 nitrogen and oxygen atoms in total. The number of likely N-dealkylation sites (N-methyl/N-ethyl adjacent to an activating group) is 1. The van der Waals surface area contributed by atoms with E-state index in [-0.39, 0.29) is 6.10 Å². The first-order valence-corrected chi connectivity index (χ1v) is 7.25. The highest BCUT2D eigenvalue weighted by atomic mass is 16.3. The first-order valence-electron chi connectivity index (χ1n) is 7.25. The number of aromatic nitrogens is 2. The van der Waals surface area contributed by atoms with Crippen LogP contribution in [0, 0.1) is 0 Å². The molecule has 2 aromatic rings. The van der Waals surface area contributed by atoms with E-state index >= 15 is 0 Å². The maximum absolute atomic E-state index is 9.90. The quantitative estimate of drug-likeness (QED) is 0.758. The standard InChI is InChI=1S/C17H23N3O/c1-3-4-10-17(21)14-19(2)12-15-11-18-20(13-15)16-8-6-5-7-9-16/h3,5-9,11,13,17,21H,1,4,10,12,14H2,2H3. The monoisotopic (exact) mass is 285 g/mol. The van der Waals surface area contributed by atoms with Crippen molar-refractivity contribution in [2.24, 2.45) is 0 Å². The Labute approximate surface area is 126 Å². The van der Waals surface area contributed by atoms with E-state index in [0.717, 1.165) is 30.6 Å². The van der Waals surface area contributed by atoms with Crippen molar-refractivity contribution in [3.05, 3.63) is 60.9 Å². The summed E-state index contributed by atoms with van der Waals surface area (Å²) in [7, 11) is 2.01. The molecule has 0 aliphatic rings. The van der Waals surface area contributed by atoms with Crippen molar-refractivity contribution in [1.82, 2.24) is 14.7 Å². The zero-order valence-corrected chi connectivity index (χ0v) is 12.5. The summed E-state index contributed by atoms with van der Waals surface area (Å²) < 4.78 is 1.87. The van der Waals surface area contributed by atoms with Gasteiger partial charge >= 0.3 is 0 Å². The lowest BCUT2D eigenvalue weighted by molar-refractivity contribution is 0.116.